The van der Waals surface area contributed by atoms with Crippen LogP contribution in [0, 0.1) is 0 Å². The van der Waals surface area contributed by atoms with Gasteiger partial charge in [0.05, 0.1) is 12.9 Å². The topological polar surface area (TPSA) is 66.0 Å². The van der Waals surface area contributed by atoms with Crippen LogP contribution in [-0.2, 0) is 12.3 Å². The van der Waals surface area contributed by atoms with Gasteiger partial charge in [0.2, 0.25) is 5.89 Å². The molecule has 2 aromatic heterocycles. The van der Waals surface area contributed by atoms with E-state index < -0.39 is 0 Å². The Balaban J connectivity index is 1.55. The fourth-order valence-corrected chi connectivity index (χ4v) is 3.59. The van der Waals surface area contributed by atoms with Crippen molar-refractivity contribution >= 4 is 22.9 Å². The molecule has 4 aromatic rings. The van der Waals surface area contributed by atoms with Gasteiger partial charge in [-0.15, -0.1) is 10.2 Å². The van der Waals surface area contributed by atoms with Crippen molar-refractivity contribution in [3.8, 4) is 17.1 Å². The van der Waals surface area contributed by atoms with Crippen LogP contribution in [0.5, 0.6) is 5.75 Å². The first kappa shape index (κ1) is 16.7. The lowest BCUT2D eigenvalue weighted by Crippen LogP contribution is -2.00. The largest absolute Gasteiger partial charge is 0.497 e. The molecule has 0 unspecified atom stereocenters. The molecule has 0 aliphatic heterocycles. The highest BCUT2D eigenvalue weighted by Gasteiger charge is 2.15. The van der Waals surface area contributed by atoms with E-state index in [4.69, 9.17) is 9.15 Å². The number of methoxy groups -OCH3 is 1. The Bertz CT molecular complexity index is 991. The Labute approximate surface area is 155 Å². The molecular formula is C19H18N4O2S. The summed E-state index contributed by atoms with van der Waals surface area (Å²) in [5, 5.41) is 9.57. The number of ether oxygens (including phenoxy) is 1. The molecule has 6 nitrogen and oxygen atoms in total. The monoisotopic (exact) mass is 366 g/mol. The summed E-state index contributed by atoms with van der Waals surface area (Å²) < 4.78 is 13.1. The van der Waals surface area contributed by atoms with E-state index in [1.165, 1.54) is 0 Å². The Hall–Kier alpha value is -2.80. The van der Waals surface area contributed by atoms with Gasteiger partial charge in [-0.3, -0.25) is 0 Å². The summed E-state index contributed by atoms with van der Waals surface area (Å²) in [6.07, 6.45) is 0. The van der Waals surface area contributed by atoms with Crippen LogP contribution in [0.2, 0.25) is 0 Å². The molecule has 7 heteroatoms. The minimum atomic E-state index is 0.607. The summed E-state index contributed by atoms with van der Waals surface area (Å²) in [5.41, 5.74) is 2.69. The molecule has 2 heterocycles. The number of benzene rings is 2. The normalized spacial score (nSPS) is 11.2. The Morgan fingerprint density at radius 1 is 1.08 bits per heavy atom. The summed E-state index contributed by atoms with van der Waals surface area (Å²) in [4.78, 5) is 4.51. The number of thioether (sulfide) groups is 1. The first-order chi connectivity index (χ1) is 12.8. The Morgan fingerprint density at radius 2 is 1.88 bits per heavy atom. The van der Waals surface area contributed by atoms with Crippen LogP contribution >= 0.6 is 11.8 Å². The summed E-state index contributed by atoms with van der Waals surface area (Å²) in [7, 11) is 1.66. The summed E-state index contributed by atoms with van der Waals surface area (Å²) in [6, 6.07) is 15.6. The fourth-order valence-electron chi connectivity index (χ4n) is 2.74. The molecule has 0 N–H and O–H groups in total. The predicted octanol–water partition coefficient (Wildman–Crippen LogP) is 4.41. The van der Waals surface area contributed by atoms with E-state index in [-0.39, 0.29) is 0 Å². The molecule has 132 valence electrons. The smallest absolute Gasteiger partial charge is 0.205 e. The predicted molar refractivity (Wildman–Crippen MR) is 101 cm³/mol. The zero-order chi connectivity index (χ0) is 17.9. The van der Waals surface area contributed by atoms with E-state index in [9.17, 15) is 0 Å². The Kier molecular flexibility index (Phi) is 4.62. The molecule has 0 saturated heterocycles. The first-order valence-corrected chi connectivity index (χ1v) is 9.32. The molecule has 0 bridgehead atoms. The van der Waals surface area contributed by atoms with Gasteiger partial charge < -0.3 is 13.7 Å². The lowest BCUT2D eigenvalue weighted by molar-refractivity contribution is 0.415. The molecule has 0 atom stereocenters. The van der Waals surface area contributed by atoms with Crippen LogP contribution in [0.4, 0.5) is 0 Å². The fraction of sp³-hybridized carbons (Fsp3) is 0.211. The van der Waals surface area contributed by atoms with Gasteiger partial charge in [-0.25, -0.2) is 4.98 Å². The van der Waals surface area contributed by atoms with E-state index in [1.807, 2.05) is 48.5 Å². The number of hydrogen-bond donors (Lipinski definition) is 0. The summed E-state index contributed by atoms with van der Waals surface area (Å²) in [5.74, 6) is 2.96. The van der Waals surface area contributed by atoms with Crippen LogP contribution < -0.4 is 4.74 Å². The third kappa shape index (κ3) is 3.17. The van der Waals surface area contributed by atoms with Crippen molar-refractivity contribution in [1.82, 2.24) is 19.7 Å². The average molecular weight is 366 g/mol. The highest BCUT2D eigenvalue weighted by Crippen LogP contribution is 2.28. The highest BCUT2D eigenvalue weighted by molar-refractivity contribution is 7.98. The van der Waals surface area contributed by atoms with Crippen molar-refractivity contribution in [3.63, 3.8) is 0 Å². The molecule has 2 aromatic carbocycles. The molecule has 0 amide bonds. The Morgan fingerprint density at radius 3 is 2.62 bits per heavy atom. The molecule has 0 radical (unpaired) electrons. The van der Waals surface area contributed by atoms with Crippen LogP contribution in [-0.4, -0.2) is 26.9 Å². The van der Waals surface area contributed by atoms with Crippen LogP contribution in [0.1, 0.15) is 12.8 Å². The van der Waals surface area contributed by atoms with Crippen LogP contribution in [0.3, 0.4) is 0 Å². The second-order valence-corrected chi connectivity index (χ2v) is 6.59. The van der Waals surface area contributed by atoms with Crippen molar-refractivity contribution in [2.45, 2.75) is 24.4 Å². The van der Waals surface area contributed by atoms with E-state index in [0.717, 1.165) is 39.9 Å². The number of aromatic nitrogens is 4. The molecular weight excluding hydrogens is 348 g/mol. The number of nitrogens with zero attached hydrogens (tertiary/aromatic N) is 4. The minimum Gasteiger partial charge on any atom is -0.497 e. The highest BCUT2D eigenvalue weighted by atomic mass is 32.2. The van der Waals surface area contributed by atoms with E-state index in [0.29, 0.717) is 11.6 Å². The zero-order valence-corrected chi connectivity index (χ0v) is 15.4. The number of para-hydroxylation sites is 2. The van der Waals surface area contributed by atoms with Gasteiger partial charge in [-0.1, -0.05) is 23.9 Å². The van der Waals surface area contributed by atoms with E-state index >= 15 is 0 Å². The van der Waals surface area contributed by atoms with Gasteiger partial charge >= 0.3 is 0 Å². The third-order valence-corrected chi connectivity index (χ3v) is 5.00. The molecule has 0 fully saturated rings. The molecule has 26 heavy (non-hydrogen) atoms. The van der Waals surface area contributed by atoms with Crippen molar-refractivity contribution in [1.29, 1.82) is 0 Å². The zero-order valence-electron chi connectivity index (χ0n) is 14.5. The van der Waals surface area contributed by atoms with Gasteiger partial charge in [-0.05, 0) is 43.3 Å². The van der Waals surface area contributed by atoms with Gasteiger partial charge in [0.15, 0.2) is 16.6 Å². The maximum atomic E-state index is 5.78. The summed E-state index contributed by atoms with van der Waals surface area (Å²) in [6.45, 7) is 2.87. The first-order valence-electron chi connectivity index (χ1n) is 8.33. The maximum Gasteiger partial charge on any atom is 0.205 e. The second kappa shape index (κ2) is 7.21. The number of fused-ring (bicyclic) bond motifs is 1. The molecule has 0 spiro atoms. The number of hydrogen-bond acceptors (Lipinski definition) is 6. The van der Waals surface area contributed by atoms with Crippen LogP contribution in [0.25, 0.3) is 22.5 Å². The molecule has 0 aliphatic carbocycles. The third-order valence-electron chi connectivity index (χ3n) is 4.04. The standard InChI is InChI=1S/C19H18N4O2S/c1-3-23-18(13-8-10-14(24-2)11-9-13)21-22-19(23)26-12-17-20-15-6-4-5-7-16(15)25-17/h4-11H,3,12H2,1-2H3. The van der Waals surface area contributed by atoms with Crippen molar-refractivity contribution in [2.24, 2.45) is 0 Å². The lowest BCUT2D eigenvalue weighted by atomic mass is 10.2. The van der Waals surface area contributed by atoms with Gasteiger partial charge in [0, 0.05) is 12.1 Å². The van der Waals surface area contributed by atoms with Crippen molar-refractivity contribution in [2.75, 3.05) is 7.11 Å². The van der Waals surface area contributed by atoms with Gasteiger partial charge in [0.25, 0.3) is 0 Å². The molecule has 0 aliphatic rings. The van der Waals surface area contributed by atoms with Crippen molar-refractivity contribution in [3.05, 3.63) is 54.4 Å². The van der Waals surface area contributed by atoms with Crippen molar-refractivity contribution < 1.29 is 9.15 Å². The average Bonchev–Trinajstić information content (AvgIpc) is 3.29. The number of oxazole rings is 1. The van der Waals surface area contributed by atoms with Gasteiger partial charge in [-0.2, -0.15) is 0 Å². The van der Waals surface area contributed by atoms with Gasteiger partial charge in [0.1, 0.15) is 11.3 Å². The summed E-state index contributed by atoms with van der Waals surface area (Å²) >= 11 is 1.57. The minimum absolute atomic E-state index is 0.607. The number of rotatable bonds is 6. The molecule has 4 rings (SSSR count). The van der Waals surface area contributed by atoms with Crippen LogP contribution in [0.15, 0.2) is 58.1 Å². The SMILES string of the molecule is CCn1c(SCc2nc3ccccc3o2)nnc1-c1ccc(OC)cc1. The van der Waals surface area contributed by atoms with E-state index in [1.54, 1.807) is 18.9 Å². The second-order valence-electron chi connectivity index (χ2n) is 5.64. The molecule has 0 saturated carbocycles. The lowest BCUT2D eigenvalue weighted by Gasteiger charge is -2.07. The van der Waals surface area contributed by atoms with E-state index in [2.05, 4.69) is 26.7 Å². The maximum absolute atomic E-state index is 5.78. The quantitative estimate of drug-likeness (QED) is 0.471.